The normalized spacial score (nSPS) is 18.7. The van der Waals surface area contributed by atoms with E-state index in [1.807, 2.05) is 25.2 Å². The fourth-order valence-electron chi connectivity index (χ4n) is 2.78. The van der Waals surface area contributed by atoms with Gasteiger partial charge in [-0.3, -0.25) is 0 Å². The third-order valence-electron chi connectivity index (χ3n) is 4.19. The van der Waals surface area contributed by atoms with E-state index in [0.29, 0.717) is 0 Å². The molecule has 1 saturated carbocycles. The van der Waals surface area contributed by atoms with Gasteiger partial charge < -0.3 is 14.8 Å². The molecule has 106 valence electrons. The first-order valence-corrected chi connectivity index (χ1v) is 7.08. The van der Waals surface area contributed by atoms with Crippen LogP contribution in [-0.4, -0.2) is 26.9 Å². The van der Waals surface area contributed by atoms with Gasteiger partial charge in [0.1, 0.15) is 5.75 Å². The van der Waals surface area contributed by atoms with E-state index in [-0.39, 0.29) is 11.6 Å². The number of benzene rings is 1. The van der Waals surface area contributed by atoms with Crippen LogP contribution in [0.3, 0.4) is 0 Å². The van der Waals surface area contributed by atoms with Crippen molar-refractivity contribution >= 4 is 11.6 Å². The Labute approximate surface area is 120 Å². The van der Waals surface area contributed by atoms with Gasteiger partial charge in [-0.15, -0.1) is 0 Å². The first-order chi connectivity index (χ1) is 9.14. The van der Waals surface area contributed by atoms with Gasteiger partial charge in [0.2, 0.25) is 0 Å². The van der Waals surface area contributed by atoms with Crippen LogP contribution in [0.25, 0.3) is 0 Å². The molecule has 1 aliphatic carbocycles. The van der Waals surface area contributed by atoms with Crippen molar-refractivity contribution in [1.29, 1.82) is 0 Å². The van der Waals surface area contributed by atoms with Gasteiger partial charge in [-0.05, 0) is 50.9 Å². The molecule has 2 rings (SSSR count). The van der Waals surface area contributed by atoms with Crippen molar-refractivity contribution in [2.24, 2.45) is 0 Å². The molecule has 4 heteroatoms. The van der Waals surface area contributed by atoms with Crippen LogP contribution in [0.1, 0.15) is 37.3 Å². The first kappa shape index (κ1) is 14.6. The van der Waals surface area contributed by atoms with E-state index in [0.717, 1.165) is 35.6 Å². The van der Waals surface area contributed by atoms with Crippen LogP contribution in [0, 0.1) is 0 Å². The maximum Gasteiger partial charge on any atom is 0.123 e. The summed E-state index contributed by atoms with van der Waals surface area (Å²) in [5, 5.41) is 4.09. The number of methoxy groups -OCH3 is 2. The molecule has 1 aromatic carbocycles. The molecule has 0 saturated heterocycles. The molecule has 1 fully saturated rings. The molecule has 19 heavy (non-hydrogen) atoms. The van der Waals surface area contributed by atoms with Crippen LogP contribution < -0.4 is 10.1 Å². The largest absolute Gasteiger partial charge is 0.496 e. The Kier molecular flexibility index (Phi) is 4.71. The minimum absolute atomic E-state index is 0.0149. The zero-order valence-corrected chi connectivity index (χ0v) is 12.6. The number of ether oxygens (including phenoxy) is 2. The smallest absolute Gasteiger partial charge is 0.123 e. The van der Waals surface area contributed by atoms with E-state index < -0.39 is 0 Å². The van der Waals surface area contributed by atoms with Gasteiger partial charge in [0, 0.05) is 23.7 Å². The molecule has 0 bridgehead atoms. The number of nitrogens with one attached hydrogen (secondary N) is 1. The summed E-state index contributed by atoms with van der Waals surface area (Å²) in [4.78, 5) is 0. The lowest BCUT2D eigenvalue weighted by Gasteiger charge is -2.43. The number of rotatable bonds is 6. The lowest BCUT2D eigenvalue weighted by Crippen LogP contribution is -2.42. The van der Waals surface area contributed by atoms with Crippen LogP contribution >= 0.6 is 11.6 Å². The van der Waals surface area contributed by atoms with Gasteiger partial charge in [0.05, 0.1) is 12.7 Å². The Morgan fingerprint density at radius 1 is 1.37 bits per heavy atom. The molecule has 0 amide bonds. The Morgan fingerprint density at radius 3 is 2.58 bits per heavy atom. The molecule has 1 unspecified atom stereocenters. The maximum absolute atomic E-state index is 6.11. The van der Waals surface area contributed by atoms with E-state index >= 15 is 0 Å². The van der Waals surface area contributed by atoms with Crippen molar-refractivity contribution in [1.82, 2.24) is 5.32 Å². The standard InChI is InChI=1S/C15H22ClNO2/c1-17-13(10-15(19-3)7-4-8-15)12-9-11(16)5-6-14(12)18-2/h5-6,9,13,17H,4,7-8,10H2,1-3H3. The highest BCUT2D eigenvalue weighted by Gasteiger charge is 2.39. The first-order valence-electron chi connectivity index (χ1n) is 6.70. The predicted octanol–water partition coefficient (Wildman–Crippen LogP) is 3.57. The number of halogens is 1. The summed E-state index contributed by atoms with van der Waals surface area (Å²) in [6.07, 6.45) is 4.45. The molecule has 1 N–H and O–H groups in total. The minimum Gasteiger partial charge on any atom is -0.496 e. The monoisotopic (exact) mass is 283 g/mol. The summed E-state index contributed by atoms with van der Waals surface area (Å²) >= 11 is 6.11. The molecule has 0 aliphatic heterocycles. The maximum atomic E-state index is 6.11. The molecule has 1 aliphatic rings. The Morgan fingerprint density at radius 2 is 2.11 bits per heavy atom. The molecule has 0 aromatic heterocycles. The molecule has 0 heterocycles. The number of hydrogen-bond acceptors (Lipinski definition) is 3. The zero-order chi connectivity index (χ0) is 13.9. The van der Waals surface area contributed by atoms with Crippen molar-refractivity contribution in [3.63, 3.8) is 0 Å². The lowest BCUT2D eigenvalue weighted by molar-refractivity contribution is -0.0835. The third-order valence-corrected chi connectivity index (χ3v) is 4.42. The van der Waals surface area contributed by atoms with Gasteiger partial charge in [-0.2, -0.15) is 0 Å². The highest BCUT2D eigenvalue weighted by atomic mass is 35.5. The van der Waals surface area contributed by atoms with Gasteiger partial charge in [-0.1, -0.05) is 11.6 Å². The van der Waals surface area contributed by atoms with E-state index in [4.69, 9.17) is 21.1 Å². The van der Waals surface area contributed by atoms with Crippen molar-refractivity contribution < 1.29 is 9.47 Å². The van der Waals surface area contributed by atoms with Crippen LogP contribution in [0.5, 0.6) is 5.75 Å². The summed E-state index contributed by atoms with van der Waals surface area (Å²) < 4.78 is 11.2. The van der Waals surface area contributed by atoms with Gasteiger partial charge in [0.15, 0.2) is 0 Å². The number of hydrogen-bond donors (Lipinski definition) is 1. The van der Waals surface area contributed by atoms with Gasteiger partial charge >= 0.3 is 0 Å². The Hall–Kier alpha value is -0.770. The molecule has 0 spiro atoms. The average molecular weight is 284 g/mol. The molecular formula is C15H22ClNO2. The van der Waals surface area contributed by atoms with Crippen molar-refractivity contribution in [2.75, 3.05) is 21.3 Å². The zero-order valence-electron chi connectivity index (χ0n) is 11.8. The Bertz CT molecular complexity index is 427. The minimum atomic E-state index is 0.0149. The van der Waals surface area contributed by atoms with Crippen LogP contribution in [0.15, 0.2) is 18.2 Å². The third kappa shape index (κ3) is 3.04. The van der Waals surface area contributed by atoms with E-state index in [1.165, 1.54) is 6.42 Å². The van der Waals surface area contributed by atoms with E-state index in [9.17, 15) is 0 Å². The van der Waals surface area contributed by atoms with E-state index in [2.05, 4.69) is 5.32 Å². The topological polar surface area (TPSA) is 30.5 Å². The highest BCUT2D eigenvalue weighted by molar-refractivity contribution is 6.30. The summed E-state index contributed by atoms with van der Waals surface area (Å²) in [5.41, 5.74) is 1.11. The second-order valence-electron chi connectivity index (χ2n) is 5.17. The SMILES string of the molecule is CNC(CC1(OC)CCC1)c1cc(Cl)ccc1OC. The molecule has 0 radical (unpaired) electrons. The second kappa shape index (κ2) is 6.12. The summed E-state index contributed by atoms with van der Waals surface area (Å²) in [6, 6.07) is 5.94. The highest BCUT2D eigenvalue weighted by Crippen LogP contribution is 2.43. The lowest BCUT2D eigenvalue weighted by atomic mass is 9.74. The van der Waals surface area contributed by atoms with Crippen LogP contribution in [-0.2, 0) is 4.74 Å². The molecular weight excluding hydrogens is 262 g/mol. The predicted molar refractivity (Wildman–Crippen MR) is 78.0 cm³/mol. The van der Waals surface area contributed by atoms with Crippen LogP contribution in [0.4, 0.5) is 0 Å². The molecule has 1 atom stereocenters. The quantitative estimate of drug-likeness (QED) is 0.866. The van der Waals surface area contributed by atoms with Crippen molar-refractivity contribution in [3.8, 4) is 5.75 Å². The summed E-state index contributed by atoms with van der Waals surface area (Å²) in [7, 11) is 5.46. The molecule has 1 aromatic rings. The Balaban J connectivity index is 2.23. The van der Waals surface area contributed by atoms with E-state index in [1.54, 1.807) is 14.2 Å². The van der Waals surface area contributed by atoms with Crippen LogP contribution in [0.2, 0.25) is 5.02 Å². The van der Waals surface area contributed by atoms with Gasteiger partial charge in [-0.25, -0.2) is 0 Å². The van der Waals surface area contributed by atoms with Crippen molar-refractivity contribution in [2.45, 2.75) is 37.3 Å². The summed E-state index contributed by atoms with van der Waals surface area (Å²) in [6.45, 7) is 0. The second-order valence-corrected chi connectivity index (χ2v) is 5.61. The average Bonchev–Trinajstić information content (AvgIpc) is 2.38. The fourth-order valence-corrected chi connectivity index (χ4v) is 2.96. The summed E-state index contributed by atoms with van der Waals surface area (Å²) in [5.74, 6) is 0.870. The fraction of sp³-hybridized carbons (Fsp3) is 0.600. The molecule has 3 nitrogen and oxygen atoms in total. The van der Waals surface area contributed by atoms with Crippen molar-refractivity contribution in [3.05, 3.63) is 28.8 Å². The van der Waals surface area contributed by atoms with Gasteiger partial charge in [0.25, 0.3) is 0 Å².